The molecule has 1 amide bonds. The van der Waals surface area contributed by atoms with Gasteiger partial charge < -0.3 is 10.2 Å². The molecular weight excluding hydrogens is 398 g/mol. The predicted molar refractivity (Wildman–Crippen MR) is 125 cm³/mol. The Morgan fingerprint density at radius 2 is 1.53 bits per heavy atom. The van der Waals surface area contributed by atoms with E-state index in [1.807, 2.05) is 44.2 Å². The maximum atomic E-state index is 12.8. The maximum absolute atomic E-state index is 12.8. The highest BCUT2D eigenvalue weighted by atomic mass is 32.2. The zero-order valence-corrected chi connectivity index (χ0v) is 19.6. The van der Waals surface area contributed by atoms with Gasteiger partial charge in [-0.15, -0.1) is 0 Å². The minimum atomic E-state index is -3.63. The van der Waals surface area contributed by atoms with Crippen LogP contribution in [0.25, 0.3) is 0 Å². The lowest BCUT2D eigenvalue weighted by Gasteiger charge is -2.28. The zero-order chi connectivity index (χ0) is 22.5. The van der Waals surface area contributed by atoms with Crippen molar-refractivity contribution >= 4 is 27.3 Å². The van der Waals surface area contributed by atoms with Crippen LogP contribution >= 0.6 is 0 Å². The number of anilines is 2. The van der Waals surface area contributed by atoms with Crippen molar-refractivity contribution in [1.29, 1.82) is 0 Å². The van der Waals surface area contributed by atoms with Crippen LogP contribution in [0.3, 0.4) is 0 Å². The van der Waals surface area contributed by atoms with Crippen LogP contribution < -0.4 is 14.5 Å². The Balaban J connectivity index is 2.13. The molecule has 164 valence electrons. The average Bonchev–Trinajstić information content (AvgIpc) is 2.69. The van der Waals surface area contributed by atoms with Crippen molar-refractivity contribution in [2.75, 3.05) is 28.6 Å². The third-order valence-electron chi connectivity index (χ3n) is 5.37. The predicted octanol–water partition coefficient (Wildman–Crippen LogP) is 3.62. The van der Waals surface area contributed by atoms with Gasteiger partial charge >= 0.3 is 0 Å². The van der Waals surface area contributed by atoms with Crippen LogP contribution in [0.4, 0.5) is 11.4 Å². The van der Waals surface area contributed by atoms with Gasteiger partial charge in [-0.1, -0.05) is 18.2 Å². The second-order valence-corrected chi connectivity index (χ2v) is 9.42. The SMILES string of the molecule is CCN(CC)c1ccc(CNC(=O)[C@H](C)N(c2ccc(C)c(C)c2)S(C)(=O)=O)cc1. The highest BCUT2D eigenvalue weighted by molar-refractivity contribution is 7.92. The number of aryl methyl sites for hydroxylation is 2. The van der Waals surface area contributed by atoms with Crippen molar-refractivity contribution in [3.8, 4) is 0 Å². The van der Waals surface area contributed by atoms with Crippen molar-refractivity contribution in [2.45, 2.75) is 47.2 Å². The molecule has 0 heterocycles. The molecule has 30 heavy (non-hydrogen) atoms. The van der Waals surface area contributed by atoms with Crippen LogP contribution in [-0.2, 0) is 21.4 Å². The standard InChI is InChI=1S/C23H33N3O3S/c1-7-25(8-2)21-13-10-20(11-14-21)16-24-23(27)19(5)26(30(6,28)29)22-12-9-17(3)18(4)15-22/h9-15,19H,7-8,16H2,1-6H3,(H,24,27)/t19-/m0/s1. The van der Waals surface area contributed by atoms with Crippen LogP contribution in [0.5, 0.6) is 0 Å². The van der Waals surface area contributed by atoms with Gasteiger partial charge in [0, 0.05) is 25.3 Å². The summed E-state index contributed by atoms with van der Waals surface area (Å²) in [6, 6.07) is 12.6. The Labute approximate surface area is 180 Å². The Hall–Kier alpha value is -2.54. The number of benzene rings is 2. The average molecular weight is 432 g/mol. The van der Waals surface area contributed by atoms with Gasteiger partial charge in [-0.25, -0.2) is 8.42 Å². The Kier molecular flexibility index (Phi) is 7.89. The van der Waals surface area contributed by atoms with Crippen LogP contribution in [0.15, 0.2) is 42.5 Å². The topological polar surface area (TPSA) is 69.7 Å². The first-order valence-electron chi connectivity index (χ1n) is 10.3. The summed E-state index contributed by atoms with van der Waals surface area (Å²) in [6.07, 6.45) is 1.12. The van der Waals surface area contributed by atoms with Crippen molar-refractivity contribution in [2.24, 2.45) is 0 Å². The molecule has 1 N–H and O–H groups in total. The third-order valence-corrected chi connectivity index (χ3v) is 6.61. The highest BCUT2D eigenvalue weighted by Gasteiger charge is 2.29. The lowest BCUT2D eigenvalue weighted by Crippen LogP contribution is -2.47. The number of nitrogens with one attached hydrogen (secondary N) is 1. The van der Waals surface area contributed by atoms with Crippen molar-refractivity contribution in [3.63, 3.8) is 0 Å². The number of rotatable bonds is 9. The summed E-state index contributed by atoms with van der Waals surface area (Å²) in [7, 11) is -3.63. The zero-order valence-electron chi connectivity index (χ0n) is 18.8. The molecule has 0 unspecified atom stereocenters. The lowest BCUT2D eigenvalue weighted by atomic mass is 10.1. The van der Waals surface area contributed by atoms with Crippen molar-refractivity contribution < 1.29 is 13.2 Å². The molecule has 0 fully saturated rings. The van der Waals surface area contributed by atoms with E-state index in [-0.39, 0.29) is 5.91 Å². The molecule has 0 aliphatic heterocycles. The van der Waals surface area contributed by atoms with Crippen molar-refractivity contribution in [3.05, 3.63) is 59.2 Å². The molecule has 0 spiro atoms. The lowest BCUT2D eigenvalue weighted by molar-refractivity contribution is -0.122. The van der Waals surface area contributed by atoms with Crippen molar-refractivity contribution in [1.82, 2.24) is 5.32 Å². The summed E-state index contributed by atoms with van der Waals surface area (Å²) in [5.74, 6) is -0.341. The van der Waals surface area contributed by atoms with Gasteiger partial charge in [0.05, 0.1) is 11.9 Å². The first-order chi connectivity index (χ1) is 14.1. The van der Waals surface area contributed by atoms with Gasteiger partial charge in [-0.05, 0) is 75.6 Å². The van der Waals surface area contributed by atoms with E-state index in [1.165, 1.54) is 4.31 Å². The van der Waals surface area contributed by atoms with Gasteiger partial charge in [0.2, 0.25) is 15.9 Å². The van der Waals surface area contributed by atoms with Gasteiger partial charge in [0.15, 0.2) is 0 Å². The summed E-state index contributed by atoms with van der Waals surface area (Å²) in [5, 5.41) is 2.87. The van der Waals surface area contributed by atoms with E-state index in [9.17, 15) is 13.2 Å². The molecule has 0 saturated heterocycles. The summed E-state index contributed by atoms with van der Waals surface area (Å²) in [4.78, 5) is 15.0. The Morgan fingerprint density at radius 3 is 2.03 bits per heavy atom. The molecule has 0 bridgehead atoms. The fourth-order valence-electron chi connectivity index (χ4n) is 3.42. The number of hydrogen-bond acceptors (Lipinski definition) is 4. The second kappa shape index (κ2) is 9.98. The quantitative estimate of drug-likeness (QED) is 0.658. The van der Waals surface area contributed by atoms with E-state index in [0.717, 1.165) is 41.7 Å². The van der Waals surface area contributed by atoms with Crippen LogP contribution in [0.1, 0.15) is 37.5 Å². The molecule has 2 rings (SSSR count). The second-order valence-electron chi connectivity index (χ2n) is 7.56. The molecule has 2 aromatic rings. The highest BCUT2D eigenvalue weighted by Crippen LogP contribution is 2.24. The maximum Gasteiger partial charge on any atom is 0.243 e. The van der Waals surface area contributed by atoms with Crippen LogP contribution in [0.2, 0.25) is 0 Å². The minimum absolute atomic E-state index is 0.340. The molecular formula is C23H33N3O3S. The number of sulfonamides is 1. The summed E-state index contributed by atoms with van der Waals surface area (Å²) < 4.78 is 26.1. The molecule has 0 radical (unpaired) electrons. The fourth-order valence-corrected chi connectivity index (χ4v) is 4.59. The fraction of sp³-hybridized carbons (Fsp3) is 0.435. The van der Waals surface area contributed by atoms with Gasteiger partial charge in [0.25, 0.3) is 0 Å². The number of amides is 1. The first-order valence-corrected chi connectivity index (χ1v) is 12.1. The van der Waals surface area contributed by atoms with E-state index >= 15 is 0 Å². The molecule has 2 aromatic carbocycles. The molecule has 7 heteroatoms. The number of hydrogen-bond donors (Lipinski definition) is 1. The molecule has 0 aliphatic rings. The summed E-state index contributed by atoms with van der Waals surface area (Å²) in [5.41, 5.74) is 4.64. The monoisotopic (exact) mass is 431 g/mol. The Morgan fingerprint density at radius 1 is 0.967 bits per heavy atom. The number of carbonyl (C=O) groups excluding carboxylic acids is 1. The van der Waals surface area contributed by atoms with E-state index in [0.29, 0.717) is 12.2 Å². The first kappa shape index (κ1) is 23.7. The van der Waals surface area contributed by atoms with E-state index in [4.69, 9.17) is 0 Å². The summed E-state index contributed by atoms with van der Waals surface area (Å²) in [6.45, 7) is 11.9. The van der Waals surface area contributed by atoms with E-state index in [1.54, 1.807) is 19.1 Å². The molecule has 0 aliphatic carbocycles. The number of carbonyl (C=O) groups is 1. The minimum Gasteiger partial charge on any atom is -0.372 e. The summed E-state index contributed by atoms with van der Waals surface area (Å²) >= 11 is 0. The molecule has 0 aromatic heterocycles. The smallest absolute Gasteiger partial charge is 0.243 e. The van der Waals surface area contributed by atoms with E-state index in [2.05, 4.69) is 24.1 Å². The molecule has 0 saturated carbocycles. The number of nitrogens with zero attached hydrogens (tertiary/aromatic N) is 2. The molecule has 6 nitrogen and oxygen atoms in total. The van der Waals surface area contributed by atoms with Crippen LogP contribution in [-0.4, -0.2) is 39.7 Å². The molecule has 1 atom stereocenters. The third kappa shape index (κ3) is 5.75. The van der Waals surface area contributed by atoms with E-state index < -0.39 is 16.1 Å². The van der Waals surface area contributed by atoms with Gasteiger partial charge in [0.1, 0.15) is 6.04 Å². The Bertz CT molecular complexity index is 968. The van der Waals surface area contributed by atoms with Crippen LogP contribution in [0, 0.1) is 13.8 Å². The largest absolute Gasteiger partial charge is 0.372 e. The van der Waals surface area contributed by atoms with Gasteiger partial charge in [-0.2, -0.15) is 0 Å². The normalized spacial score (nSPS) is 12.3. The van der Waals surface area contributed by atoms with Gasteiger partial charge in [-0.3, -0.25) is 9.10 Å².